The molecule has 3 nitrogen and oxygen atoms in total. The molecule has 0 saturated heterocycles. The molecule has 0 saturated carbocycles. The molecule has 1 heterocycles. The van der Waals surface area contributed by atoms with E-state index in [1.54, 1.807) is 18.9 Å². The lowest BCUT2D eigenvalue weighted by molar-refractivity contribution is 0.190. The molecule has 2 rings (SSSR count). The Kier molecular flexibility index (Phi) is 5.32. The van der Waals surface area contributed by atoms with Gasteiger partial charge in [0.05, 0.1) is 6.04 Å². The molecule has 1 atom stereocenters. The van der Waals surface area contributed by atoms with Gasteiger partial charge in [-0.3, -0.25) is 4.99 Å². The third kappa shape index (κ3) is 3.86. The molecule has 1 aliphatic heterocycles. The predicted octanol–water partition coefficient (Wildman–Crippen LogP) is 3.52. The Balaban J connectivity index is 1.95. The van der Waals surface area contributed by atoms with Crippen molar-refractivity contribution in [3.63, 3.8) is 0 Å². The number of methoxy groups -OCH3 is 1. The maximum atomic E-state index is 5.09. The van der Waals surface area contributed by atoms with Gasteiger partial charge < -0.3 is 10.1 Å². The van der Waals surface area contributed by atoms with Crippen LogP contribution in [-0.2, 0) is 4.74 Å². The standard InChI is InChI=1S/C13H17IN2OS/c1-9-3-4-10(7-12(9)14)15-13-16-11(8-18-13)5-6-17-2/h3-4,7,11H,5-6,8H2,1-2H3,(H,15,16). The van der Waals surface area contributed by atoms with Crippen LogP contribution in [0, 0.1) is 10.5 Å². The predicted molar refractivity (Wildman–Crippen MR) is 87.7 cm³/mol. The van der Waals surface area contributed by atoms with Crippen molar-refractivity contribution in [3.8, 4) is 0 Å². The molecule has 98 valence electrons. The van der Waals surface area contributed by atoms with Crippen LogP contribution in [0.15, 0.2) is 23.2 Å². The van der Waals surface area contributed by atoms with E-state index in [0.29, 0.717) is 6.04 Å². The maximum Gasteiger partial charge on any atom is 0.161 e. The van der Waals surface area contributed by atoms with E-state index in [9.17, 15) is 0 Å². The minimum atomic E-state index is 0.391. The Hall–Kier alpha value is -0.270. The Morgan fingerprint density at radius 2 is 2.39 bits per heavy atom. The van der Waals surface area contributed by atoms with Gasteiger partial charge in [-0.25, -0.2) is 0 Å². The summed E-state index contributed by atoms with van der Waals surface area (Å²) in [6.07, 6.45) is 1.00. The van der Waals surface area contributed by atoms with E-state index in [4.69, 9.17) is 4.74 Å². The molecule has 1 aliphatic rings. The third-order valence-corrected chi connectivity index (χ3v) is 4.99. The van der Waals surface area contributed by atoms with Crippen molar-refractivity contribution in [1.82, 2.24) is 0 Å². The van der Waals surface area contributed by atoms with Crippen LogP contribution in [0.1, 0.15) is 12.0 Å². The van der Waals surface area contributed by atoms with E-state index in [1.165, 1.54) is 9.13 Å². The van der Waals surface area contributed by atoms with Crippen molar-refractivity contribution >= 4 is 45.2 Å². The Labute approximate surface area is 126 Å². The van der Waals surface area contributed by atoms with Crippen LogP contribution >= 0.6 is 34.4 Å². The van der Waals surface area contributed by atoms with Crippen LogP contribution in [-0.4, -0.2) is 30.7 Å². The van der Waals surface area contributed by atoms with Gasteiger partial charge in [0.25, 0.3) is 0 Å². The molecule has 1 aromatic carbocycles. The Morgan fingerprint density at radius 1 is 1.56 bits per heavy atom. The lowest BCUT2D eigenvalue weighted by atomic mass is 10.2. The maximum absolute atomic E-state index is 5.09. The molecule has 0 amide bonds. The molecule has 0 fully saturated rings. The monoisotopic (exact) mass is 376 g/mol. The van der Waals surface area contributed by atoms with Gasteiger partial charge in [0.1, 0.15) is 0 Å². The van der Waals surface area contributed by atoms with Gasteiger partial charge in [-0.15, -0.1) is 0 Å². The third-order valence-electron chi connectivity index (χ3n) is 2.79. The summed E-state index contributed by atoms with van der Waals surface area (Å²) in [5, 5.41) is 4.41. The average Bonchev–Trinajstić information content (AvgIpc) is 2.79. The van der Waals surface area contributed by atoms with Crippen molar-refractivity contribution in [2.45, 2.75) is 19.4 Å². The number of nitrogens with zero attached hydrogens (tertiary/aromatic N) is 1. The molecule has 0 aromatic heterocycles. The van der Waals surface area contributed by atoms with Crippen LogP contribution in [0.3, 0.4) is 0 Å². The molecular weight excluding hydrogens is 359 g/mol. The fourth-order valence-corrected chi connectivity index (χ4v) is 3.20. The summed E-state index contributed by atoms with van der Waals surface area (Å²) in [5.74, 6) is 1.05. The van der Waals surface area contributed by atoms with E-state index < -0.39 is 0 Å². The minimum absolute atomic E-state index is 0.391. The van der Waals surface area contributed by atoms with Crippen LogP contribution in [0.2, 0.25) is 0 Å². The number of hydrogen-bond donors (Lipinski definition) is 1. The minimum Gasteiger partial charge on any atom is -0.385 e. The largest absolute Gasteiger partial charge is 0.385 e. The zero-order chi connectivity index (χ0) is 13.0. The zero-order valence-electron chi connectivity index (χ0n) is 10.6. The van der Waals surface area contributed by atoms with E-state index >= 15 is 0 Å². The first-order chi connectivity index (χ1) is 8.69. The first-order valence-corrected chi connectivity index (χ1v) is 7.98. The number of nitrogens with one attached hydrogen (secondary N) is 1. The summed E-state index contributed by atoms with van der Waals surface area (Å²) in [7, 11) is 1.74. The number of amidine groups is 1. The molecule has 0 spiro atoms. The lowest BCUT2D eigenvalue weighted by Gasteiger charge is -2.06. The van der Waals surface area contributed by atoms with E-state index in [0.717, 1.165) is 29.6 Å². The van der Waals surface area contributed by atoms with Crippen molar-refractivity contribution in [2.24, 2.45) is 4.99 Å². The second-order valence-corrected chi connectivity index (χ2v) is 6.44. The summed E-state index contributed by atoms with van der Waals surface area (Å²) in [6.45, 7) is 2.90. The van der Waals surface area contributed by atoms with Crippen molar-refractivity contribution in [3.05, 3.63) is 27.3 Å². The SMILES string of the molecule is COCCC1CSC(Nc2ccc(C)c(I)c2)=N1. The smallest absolute Gasteiger partial charge is 0.161 e. The first-order valence-electron chi connectivity index (χ1n) is 5.92. The lowest BCUT2D eigenvalue weighted by Crippen LogP contribution is -2.08. The zero-order valence-corrected chi connectivity index (χ0v) is 13.5. The van der Waals surface area contributed by atoms with Gasteiger partial charge >= 0.3 is 0 Å². The van der Waals surface area contributed by atoms with Crippen molar-refractivity contribution < 1.29 is 4.74 Å². The topological polar surface area (TPSA) is 33.6 Å². The summed E-state index contributed by atoms with van der Waals surface area (Å²) in [5.41, 5.74) is 2.42. The quantitative estimate of drug-likeness (QED) is 0.817. The summed E-state index contributed by atoms with van der Waals surface area (Å²) in [4.78, 5) is 4.66. The highest BCUT2D eigenvalue weighted by molar-refractivity contribution is 14.1. The van der Waals surface area contributed by atoms with Crippen LogP contribution < -0.4 is 5.32 Å². The normalized spacial score (nSPS) is 18.8. The average molecular weight is 376 g/mol. The fourth-order valence-electron chi connectivity index (χ4n) is 1.68. The Morgan fingerprint density at radius 3 is 3.11 bits per heavy atom. The molecule has 1 aromatic rings. The highest BCUT2D eigenvalue weighted by atomic mass is 127. The van der Waals surface area contributed by atoms with Gasteiger partial charge in [0.15, 0.2) is 5.17 Å². The van der Waals surface area contributed by atoms with Gasteiger partial charge in [-0.1, -0.05) is 17.8 Å². The first kappa shape index (κ1) is 14.1. The molecular formula is C13H17IN2OS. The van der Waals surface area contributed by atoms with Gasteiger partial charge in [0.2, 0.25) is 0 Å². The number of anilines is 1. The molecule has 0 bridgehead atoms. The van der Waals surface area contributed by atoms with Gasteiger partial charge in [-0.05, 0) is 53.6 Å². The fraction of sp³-hybridized carbons (Fsp3) is 0.462. The van der Waals surface area contributed by atoms with E-state index in [-0.39, 0.29) is 0 Å². The van der Waals surface area contributed by atoms with Crippen LogP contribution in [0.4, 0.5) is 5.69 Å². The molecule has 5 heteroatoms. The van der Waals surface area contributed by atoms with Gasteiger partial charge in [0, 0.05) is 28.7 Å². The molecule has 1 unspecified atom stereocenters. The highest BCUT2D eigenvalue weighted by Crippen LogP contribution is 2.23. The number of aryl methyl sites for hydroxylation is 1. The molecule has 1 N–H and O–H groups in total. The van der Waals surface area contributed by atoms with Crippen molar-refractivity contribution in [2.75, 3.05) is 24.8 Å². The van der Waals surface area contributed by atoms with E-state index in [1.807, 2.05) is 0 Å². The number of ether oxygens (including phenoxy) is 1. The summed E-state index contributed by atoms with van der Waals surface area (Å²) < 4.78 is 6.36. The molecule has 0 aliphatic carbocycles. The molecule has 0 radical (unpaired) electrons. The van der Waals surface area contributed by atoms with E-state index in [2.05, 4.69) is 58.0 Å². The number of hydrogen-bond acceptors (Lipinski definition) is 4. The summed E-state index contributed by atoms with van der Waals surface area (Å²) in [6, 6.07) is 6.78. The highest BCUT2D eigenvalue weighted by Gasteiger charge is 2.17. The Bertz CT molecular complexity index is 451. The summed E-state index contributed by atoms with van der Waals surface area (Å²) >= 11 is 4.14. The molecule has 18 heavy (non-hydrogen) atoms. The van der Waals surface area contributed by atoms with Crippen LogP contribution in [0.25, 0.3) is 0 Å². The van der Waals surface area contributed by atoms with Gasteiger partial charge in [-0.2, -0.15) is 0 Å². The second-order valence-electron chi connectivity index (χ2n) is 4.27. The number of aliphatic imine (C=N–C) groups is 1. The van der Waals surface area contributed by atoms with Crippen LogP contribution in [0.5, 0.6) is 0 Å². The number of benzene rings is 1. The number of rotatable bonds is 4. The number of thioether (sulfide) groups is 1. The van der Waals surface area contributed by atoms with Crippen molar-refractivity contribution in [1.29, 1.82) is 0 Å². The number of halogens is 1. The second kappa shape index (κ2) is 6.77.